The van der Waals surface area contributed by atoms with Crippen molar-refractivity contribution >= 4 is 29.6 Å². The van der Waals surface area contributed by atoms with E-state index in [9.17, 15) is 28.6 Å². The third-order valence-electron chi connectivity index (χ3n) is 6.71. The molecule has 2 amide bonds. The predicted octanol–water partition coefficient (Wildman–Crippen LogP) is 4.54. The molecule has 1 aliphatic heterocycles. The highest BCUT2D eigenvalue weighted by Gasteiger charge is 2.39. The van der Waals surface area contributed by atoms with E-state index < -0.39 is 41.9 Å². The van der Waals surface area contributed by atoms with Gasteiger partial charge in [0.15, 0.2) is 17.7 Å². The highest BCUT2D eigenvalue weighted by atomic mass is 32.2. The first-order valence-corrected chi connectivity index (χ1v) is 14.5. The summed E-state index contributed by atoms with van der Waals surface area (Å²) in [6, 6.07) is 19.2. The van der Waals surface area contributed by atoms with Crippen LogP contribution < -0.4 is 10.2 Å². The molecule has 3 aromatic carbocycles. The van der Waals surface area contributed by atoms with E-state index in [1.54, 1.807) is 0 Å². The van der Waals surface area contributed by atoms with Gasteiger partial charge in [0.2, 0.25) is 0 Å². The zero-order valence-corrected chi connectivity index (χ0v) is 24.3. The number of halogens is 2. The number of aliphatic hydroxyl groups excluding tert-OH is 2. The number of nitrogens with one attached hydrogen (secondary N) is 1. The Bertz CT molecular complexity index is 1350. The summed E-state index contributed by atoms with van der Waals surface area (Å²) in [6.45, 7) is 4.81. The second kappa shape index (κ2) is 14.6. The Kier molecular flexibility index (Phi) is 10.9. The van der Waals surface area contributed by atoms with Crippen molar-refractivity contribution in [2.45, 2.75) is 50.0 Å². The zero-order valence-electron chi connectivity index (χ0n) is 23.5. The number of carbonyl (C=O) groups is 2. The van der Waals surface area contributed by atoms with Crippen LogP contribution in [0.2, 0.25) is 0 Å². The van der Waals surface area contributed by atoms with Crippen molar-refractivity contribution in [2.75, 3.05) is 24.5 Å². The number of benzene rings is 3. The van der Waals surface area contributed by atoms with Crippen LogP contribution in [-0.2, 0) is 22.6 Å². The van der Waals surface area contributed by atoms with Crippen LogP contribution in [0, 0.1) is 17.6 Å². The molecular weight excluding hydrogens is 564 g/mol. The third kappa shape index (κ3) is 8.51. The first kappa shape index (κ1) is 31.4. The first-order chi connectivity index (χ1) is 20.1. The summed E-state index contributed by atoms with van der Waals surface area (Å²) < 4.78 is 34.5. The Morgan fingerprint density at radius 3 is 2.40 bits per heavy atom. The summed E-state index contributed by atoms with van der Waals surface area (Å²) in [5.41, 5.74) is 1.77. The van der Waals surface area contributed by atoms with Crippen molar-refractivity contribution < 1.29 is 33.3 Å². The standard InChI is InChI=1S/C31H35F2N3O5S/c1-20(2)16-35(42-24-11-8-22(19-37)9-12-24)17-28(38)27(14-21-6-4-3-5-7-21)34-30(39)29-18-36(31(40)41-29)23-10-13-25(32)26(33)15-23/h3-13,15,20,27-29,37-38H,14,16-19H2,1-2H3,(H,34,39). The molecule has 42 heavy (non-hydrogen) atoms. The van der Waals surface area contributed by atoms with Gasteiger partial charge in [-0.2, -0.15) is 0 Å². The molecule has 224 valence electrons. The molecule has 0 saturated carbocycles. The van der Waals surface area contributed by atoms with E-state index in [0.29, 0.717) is 18.9 Å². The summed E-state index contributed by atoms with van der Waals surface area (Å²) in [7, 11) is 0. The Balaban J connectivity index is 1.48. The van der Waals surface area contributed by atoms with Gasteiger partial charge in [-0.05, 0) is 59.7 Å². The lowest BCUT2D eigenvalue weighted by atomic mass is 10.0. The van der Waals surface area contributed by atoms with Crippen LogP contribution in [0.15, 0.2) is 77.7 Å². The average molecular weight is 600 g/mol. The van der Waals surface area contributed by atoms with Crippen LogP contribution in [0.4, 0.5) is 19.3 Å². The van der Waals surface area contributed by atoms with Crippen molar-refractivity contribution in [3.63, 3.8) is 0 Å². The Hall–Kier alpha value is -3.51. The topological polar surface area (TPSA) is 102 Å². The van der Waals surface area contributed by atoms with Crippen LogP contribution >= 0.6 is 11.9 Å². The lowest BCUT2D eigenvalue weighted by Crippen LogP contribution is -2.52. The number of anilines is 1. The zero-order chi connectivity index (χ0) is 30.2. The number of hydrogen-bond donors (Lipinski definition) is 3. The molecule has 0 aliphatic carbocycles. The fourth-order valence-electron chi connectivity index (χ4n) is 4.59. The molecular formula is C31H35F2N3O5S. The molecule has 1 heterocycles. The number of hydrogen-bond acceptors (Lipinski definition) is 7. The number of cyclic esters (lactones) is 1. The summed E-state index contributed by atoms with van der Waals surface area (Å²) in [4.78, 5) is 27.8. The second-order valence-corrected chi connectivity index (χ2v) is 11.8. The third-order valence-corrected chi connectivity index (χ3v) is 7.75. The van der Waals surface area contributed by atoms with Gasteiger partial charge < -0.3 is 20.3 Å². The van der Waals surface area contributed by atoms with Crippen molar-refractivity contribution in [3.8, 4) is 0 Å². The predicted molar refractivity (Wildman–Crippen MR) is 157 cm³/mol. The molecule has 3 N–H and O–H groups in total. The number of rotatable bonds is 13. The molecule has 1 fully saturated rings. The van der Waals surface area contributed by atoms with Gasteiger partial charge in [0.25, 0.3) is 5.91 Å². The smallest absolute Gasteiger partial charge is 0.415 e. The number of amides is 2. The molecule has 3 atom stereocenters. The minimum absolute atomic E-state index is 0.0465. The van der Waals surface area contributed by atoms with E-state index >= 15 is 0 Å². The Morgan fingerprint density at radius 1 is 1.05 bits per heavy atom. The molecule has 0 spiro atoms. The molecule has 8 nitrogen and oxygen atoms in total. The lowest BCUT2D eigenvalue weighted by molar-refractivity contribution is -0.129. The van der Waals surface area contributed by atoms with E-state index in [-0.39, 0.29) is 25.4 Å². The van der Waals surface area contributed by atoms with E-state index in [0.717, 1.165) is 33.1 Å². The van der Waals surface area contributed by atoms with E-state index in [2.05, 4.69) is 19.2 Å². The molecule has 4 rings (SSSR count). The second-order valence-electron chi connectivity index (χ2n) is 10.6. The fourth-order valence-corrected chi connectivity index (χ4v) is 5.74. The molecule has 1 aliphatic rings. The maximum absolute atomic E-state index is 13.8. The summed E-state index contributed by atoms with van der Waals surface area (Å²) in [5, 5.41) is 23.7. The van der Waals surface area contributed by atoms with Gasteiger partial charge in [0.05, 0.1) is 31.0 Å². The van der Waals surface area contributed by atoms with Crippen LogP contribution in [-0.4, -0.2) is 64.4 Å². The SMILES string of the molecule is CC(C)CN(CC(O)C(Cc1ccccc1)NC(=O)C1CN(c2ccc(F)c(F)c2)C(=O)O1)Sc1ccc(CO)cc1. The fraction of sp³-hybridized carbons (Fsp3) is 0.355. The Labute approximate surface area is 248 Å². The van der Waals surface area contributed by atoms with Gasteiger partial charge >= 0.3 is 6.09 Å². The molecule has 0 aromatic heterocycles. The van der Waals surface area contributed by atoms with Crippen LogP contribution in [0.25, 0.3) is 0 Å². The maximum atomic E-state index is 13.8. The maximum Gasteiger partial charge on any atom is 0.415 e. The number of ether oxygens (including phenoxy) is 1. The van der Waals surface area contributed by atoms with Gasteiger partial charge in [-0.15, -0.1) is 0 Å². The minimum atomic E-state index is -1.21. The van der Waals surface area contributed by atoms with E-state index in [4.69, 9.17) is 4.74 Å². The highest BCUT2D eigenvalue weighted by Crippen LogP contribution is 2.26. The van der Waals surface area contributed by atoms with Crippen molar-refractivity contribution in [2.24, 2.45) is 5.92 Å². The monoisotopic (exact) mass is 599 g/mol. The normalized spacial score (nSPS) is 16.5. The molecule has 1 saturated heterocycles. The molecule has 11 heteroatoms. The minimum Gasteiger partial charge on any atom is -0.434 e. The lowest BCUT2D eigenvalue weighted by Gasteiger charge is -2.31. The van der Waals surface area contributed by atoms with Crippen molar-refractivity contribution in [1.29, 1.82) is 0 Å². The first-order valence-electron chi connectivity index (χ1n) is 13.7. The van der Waals surface area contributed by atoms with Gasteiger partial charge in [0.1, 0.15) is 0 Å². The van der Waals surface area contributed by atoms with Gasteiger partial charge in [0, 0.05) is 24.1 Å². The van der Waals surface area contributed by atoms with E-state index in [1.807, 2.05) is 58.9 Å². The highest BCUT2D eigenvalue weighted by molar-refractivity contribution is 7.97. The quantitative estimate of drug-likeness (QED) is 0.248. The van der Waals surface area contributed by atoms with Crippen LogP contribution in [0.1, 0.15) is 25.0 Å². The molecule has 3 unspecified atom stereocenters. The van der Waals surface area contributed by atoms with Crippen LogP contribution in [0.5, 0.6) is 0 Å². The summed E-state index contributed by atoms with van der Waals surface area (Å²) >= 11 is 1.48. The number of nitrogens with zero attached hydrogens (tertiary/aromatic N) is 2. The van der Waals surface area contributed by atoms with Gasteiger partial charge in [-0.25, -0.2) is 17.9 Å². The molecule has 0 radical (unpaired) electrons. The van der Waals surface area contributed by atoms with Crippen molar-refractivity contribution in [1.82, 2.24) is 9.62 Å². The molecule has 3 aromatic rings. The summed E-state index contributed by atoms with van der Waals surface area (Å²) in [6.07, 6.45) is -2.72. The number of carbonyl (C=O) groups excluding carboxylic acids is 2. The van der Waals surface area contributed by atoms with E-state index in [1.165, 1.54) is 18.0 Å². The number of aliphatic hydroxyl groups is 2. The Morgan fingerprint density at radius 2 is 1.76 bits per heavy atom. The average Bonchev–Trinajstić information content (AvgIpc) is 3.36. The summed E-state index contributed by atoms with van der Waals surface area (Å²) in [5.74, 6) is -2.47. The van der Waals surface area contributed by atoms with Crippen LogP contribution in [0.3, 0.4) is 0 Å². The largest absolute Gasteiger partial charge is 0.434 e. The van der Waals surface area contributed by atoms with Gasteiger partial charge in [-0.3, -0.25) is 9.69 Å². The van der Waals surface area contributed by atoms with Crippen molar-refractivity contribution in [3.05, 3.63) is 95.6 Å². The molecule has 0 bridgehead atoms. The van der Waals surface area contributed by atoms with Gasteiger partial charge in [-0.1, -0.05) is 56.3 Å².